The molecule has 0 bridgehead atoms. The fourth-order valence-corrected chi connectivity index (χ4v) is 3.68. The maximum atomic E-state index is 12.5. The lowest BCUT2D eigenvalue weighted by Gasteiger charge is -2.07. The van der Waals surface area contributed by atoms with Gasteiger partial charge in [-0.2, -0.15) is 5.10 Å². The summed E-state index contributed by atoms with van der Waals surface area (Å²) >= 11 is 6.10. The van der Waals surface area contributed by atoms with Crippen LogP contribution in [0.2, 0.25) is 5.02 Å². The van der Waals surface area contributed by atoms with Crippen molar-refractivity contribution in [3.8, 4) is 5.75 Å². The second kappa shape index (κ2) is 13.0. The predicted molar refractivity (Wildman–Crippen MR) is 153 cm³/mol. The molecule has 4 aromatic carbocycles. The Morgan fingerprint density at radius 3 is 2.33 bits per heavy atom. The summed E-state index contributed by atoms with van der Waals surface area (Å²) in [7, 11) is 0. The summed E-state index contributed by atoms with van der Waals surface area (Å²) in [4.78, 5) is 37.3. The molecule has 0 radical (unpaired) electrons. The van der Waals surface area contributed by atoms with E-state index in [0.717, 1.165) is 11.1 Å². The van der Waals surface area contributed by atoms with Crippen molar-refractivity contribution in [3.05, 3.63) is 136 Å². The van der Waals surface area contributed by atoms with Gasteiger partial charge in [-0.1, -0.05) is 59.6 Å². The lowest BCUT2D eigenvalue weighted by atomic mass is 10.1. The predicted octanol–water partition coefficient (Wildman–Crippen LogP) is 6.28. The molecule has 0 spiro atoms. The number of esters is 1. The number of carbonyl (C=O) groups is 3. The number of amides is 2. The van der Waals surface area contributed by atoms with Crippen LogP contribution in [0.5, 0.6) is 5.75 Å². The molecule has 0 saturated carbocycles. The van der Waals surface area contributed by atoms with Gasteiger partial charge < -0.3 is 10.1 Å². The molecular formula is C31H24ClN3O4. The number of hydrogen-bond donors (Lipinski definition) is 2. The monoisotopic (exact) mass is 537 g/mol. The van der Waals surface area contributed by atoms with Crippen LogP contribution in [0.1, 0.15) is 37.4 Å². The van der Waals surface area contributed by atoms with E-state index in [1.54, 1.807) is 60.7 Å². The summed E-state index contributed by atoms with van der Waals surface area (Å²) in [6.07, 6.45) is 4.30. The summed E-state index contributed by atoms with van der Waals surface area (Å²) < 4.78 is 5.42. The van der Waals surface area contributed by atoms with Crippen LogP contribution in [0, 0.1) is 6.92 Å². The number of nitrogens with one attached hydrogen (secondary N) is 2. The molecule has 2 amide bonds. The molecule has 0 aliphatic carbocycles. The summed E-state index contributed by atoms with van der Waals surface area (Å²) in [5.41, 5.74) is 6.11. The molecule has 8 heteroatoms. The zero-order valence-corrected chi connectivity index (χ0v) is 21.7. The highest BCUT2D eigenvalue weighted by atomic mass is 35.5. The Morgan fingerprint density at radius 2 is 1.59 bits per heavy atom. The van der Waals surface area contributed by atoms with Crippen LogP contribution in [0.4, 0.5) is 5.69 Å². The Labute approximate surface area is 230 Å². The van der Waals surface area contributed by atoms with Gasteiger partial charge in [0.05, 0.1) is 6.21 Å². The van der Waals surface area contributed by atoms with Crippen molar-refractivity contribution in [3.63, 3.8) is 0 Å². The maximum Gasteiger partial charge on any atom is 0.336 e. The highest BCUT2D eigenvalue weighted by Gasteiger charge is 2.10. The lowest BCUT2D eigenvalue weighted by molar-refractivity contribution is -0.128. The van der Waals surface area contributed by atoms with E-state index < -0.39 is 11.9 Å². The van der Waals surface area contributed by atoms with Gasteiger partial charge in [0.15, 0.2) is 0 Å². The number of halogens is 1. The van der Waals surface area contributed by atoms with E-state index >= 15 is 0 Å². The maximum absolute atomic E-state index is 12.5. The van der Waals surface area contributed by atoms with E-state index in [9.17, 15) is 14.4 Å². The molecule has 4 rings (SSSR count). The summed E-state index contributed by atoms with van der Waals surface area (Å²) in [6.45, 7) is 1.91. The number of hydrogen-bond acceptors (Lipinski definition) is 5. The summed E-state index contributed by atoms with van der Waals surface area (Å²) in [5, 5.41) is 7.19. The number of nitrogens with zero attached hydrogens (tertiary/aromatic N) is 1. The second-order valence-corrected chi connectivity index (χ2v) is 8.88. The molecule has 0 saturated heterocycles. The van der Waals surface area contributed by atoms with Crippen LogP contribution in [0.15, 0.2) is 108 Å². The van der Waals surface area contributed by atoms with E-state index in [0.29, 0.717) is 27.4 Å². The third-order valence-electron chi connectivity index (χ3n) is 5.45. The van der Waals surface area contributed by atoms with E-state index in [2.05, 4.69) is 15.8 Å². The molecule has 0 atom stereocenters. The van der Waals surface area contributed by atoms with Gasteiger partial charge in [0.2, 0.25) is 0 Å². The SMILES string of the molecule is Cc1cccc(C(=O)Nc2ccc(C(=O)N/N=C/c3cc(Cl)ccc3OC(=O)/C=C/c3ccccc3)cc2)c1. The molecule has 39 heavy (non-hydrogen) atoms. The zero-order chi connectivity index (χ0) is 27.6. The fraction of sp³-hybridized carbons (Fsp3) is 0.0323. The Kier molecular flexibility index (Phi) is 9.00. The van der Waals surface area contributed by atoms with E-state index in [-0.39, 0.29) is 11.7 Å². The molecular weight excluding hydrogens is 514 g/mol. The number of hydrazone groups is 1. The molecule has 0 aliphatic rings. The van der Waals surface area contributed by atoms with Gasteiger partial charge in [-0.05, 0) is 73.2 Å². The normalized spacial score (nSPS) is 10.9. The first-order chi connectivity index (χ1) is 18.9. The number of carbonyl (C=O) groups excluding carboxylic acids is 3. The number of rotatable bonds is 8. The Hall–Kier alpha value is -5.01. The first-order valence-corrected chi connectivity index (χ1v) is 12.3. The van der Waals surface area contributed by atoms with Gasteiger partial charge in [-0.3, -0.25) is 9.59 Å². The van der Waals surface area contributed by atoms with Gasteiger partial charge in [0.1, 0.15) is 5.75 Å². The molecule has 7 nitrogen and oxygen atoms in total. The molecule has 0 heterocycles. The topological polar surface area (TPSA) is 96.9 Å². The average Bonchev–Trinajstić information content (AvgIpc) is 2.94. The highest BCUT2D eigenvalue weighted by molar-refractivity contribution is 6.31. The molecule has 2 N–H and O–H groups in total. The molecule has 4 aromatic rings. The van der Waals surface area contributed by atoms with Crippen LogP contribution >= 0.6 is 11.6 Å². The highest BCUT2D eigenvalue weighted by Crippen LogP contribution is 2.22. The molecule has 194 valence electrons. The minimum Gasteiger partial charge on any atom is -0.423 e. The van der Waals surface area contributed by atoms with Crippen LogP contribution in [0.3, 0.4) is 0 Å². The number of ether oxygens (including phenoxy) is 1. The minimum atomic E-state index is -0.575. The second-order valence-electron chi connectivity index (χ2n) is 8.45. The quantitative estimate of drug-likeness (QED) is 0.0908. The molecule has 0 unspecified atom stereocenters. The van der Waals surface area contributed by atoms with E-state index in [1.165, 1.54) is 12.3 Å². The number of anilines is 1. The summed E-state index contributed by atoms with van der Waals surface area (Å²) in [5.74, 6) is -1.05. The van der Waals surface area contributed by atoms with Crippen molar-refractivity contribution < 1.29 is 19.1 Å². The largest absolute Gasteiger partial charge is 0.423 e. The third-order valence-corrected chi connectivity index (χ3v) is 5.68. The van der Waals surface area contributed by atoms with Crippen LogP contribution in [-0.4, -0.2) is 24.0 Å². The number of benzene rings is 4. The van der Waals surface area contributed by atoms with Crippen molar-refractivity contribution in [2.45, 2.75) is 6.92 Å². The van der Waals surface area contributed by atoms with Crippen molar-refractivity contribution in [1.29, 1.82) is 0 Å². The minimum absolute atomic E-state index is 0.230. The Balaban J connectivity index is 1.36. The van der Waals surface area contributed by atoms with Crippen molar-refractivity contribution in [1.82, 2.24) is 5.43 Å². The van der Waals surface area contributed by atoms with Gasteiger partial charge in [-0.15, -0.1) is 0 Å². The van der Waals surface area contributed by atoms with Crippen LogP contribution in [-0.2, 0) is 4.79 Å². The summed E-state index contributed by atoms with van der Waals surface area (Å²) in [6, 6.07) is 27.7. The average molecular weight is 538 g/mol. The van der Waals surface area contributed by atoms with Crippen molar-refractivity contribution >= 4 is 47.4 Å². The van der Waals surface area contributed by atoms with Gasteiger partial charge in [0.25, 0.3) is 11.8 Å². The van der Waals surface area contributed by atoms with Crippen LogP contribution < -0.4 is 15.5 Å². The van der Waals surface area contributed by atoms with Gasteiger partial charge in [-0.25, -0.2) is 10.2 Å². The smallest absolute Gasteiger partial charge is 0.336 e. The third kappa shape index (κ3) is 7.99. The molecule has 0 aliphatic heterocycles. The lowest BCUT2D eigenvalue weighted by Crippen LogP contribution is -2.18. The van der Waals surface area contributed by atoms with Crippen molar-refractivity contribution in [2.24, 2.45) is 5.10 Å². The van der Waals surface area contributed by atoms with Gasteiger partial charge in [0, 0.05) is 33.5 Å². The zero-order valence-electron chi connectivity index (χ0n) is 20.9. The first-order valence-electron chi connectivity index (χ1n) is 11.9. The van der Waals surface area contributed by atoms with Crippen LogP contribution in [0.25, 0.3) is 6.08 Å². The Morgan fingerprint density at radius 1 is 0.821 bits per heavy atom. The van der Waals surface area contributed by atoms with Crippen molar-refractivity contribution in [2.75, 3.05) is 5.32 Å². The van der Waals surface area contributed by atoms with E-state index in [1.807, 2.05) is 49.4 Å². The first kappa shape index (κ1) is 27.0. The number of aryl methyl sites for hydroxylation is 1. The standard InChI is InChI=1S/C31H24ClN3O4/c1-21-6-5-9-24(18-21)30(37)34-27-14-11-23(12-15-27)31(38)35-33-20-25-19-26(32)13-16-28(25)39-29(36)17-10-22-7-3-2-4-8-22/h2-20H,1H3,(H,34,37)(H,35,38)/b17-10+,33-20+. The Bertz CT molecular complexity index is 1550. The van der Waals surface area contributed by atoms with Gasteiger partial charge >= 0.3 is 5.97 Å². The van der Waals surface area contributed by atoms with E-state index in [4.69, 9.17) is 16.3 Å². The molecule has 0 aromatic heterocycles. The molecule has 0 fully saturated rings. The fourth-order valence-electron chi connectivity index (χ4n) is 3.50.